The monoisotopic (exact) mass is 279 g/mol. The standard InChI is InChI=1S/C18H21N3/c1-14-11-16(13-19)12-17(20-14)21-18(2,3)10-9-15-7-5-4-6-8-15/h4-8,11-12H,9-10H2,1-3H3,(H,20,21). The topological polar surface area (TPSA) is 48.7 Å². The zero-order valence-electron chi connectivity index (χ0n) is 12.9. The fourth-order valence-corrected chi connectivity index (χ4v) is 2.31. The van der Waals surface area contributed by atoms with Crippen LogP contribution in [0.4, 0.5) is 5.82 Å². The maximum absolute atomic E-state index is 9.03. The lowest BCUT2D eigenvalue weighted by molar-refractivity contribution is 0.516. The Bertz CT molecular complexity index is 639. The van der Waals surface area contributed by atoms with E-state index in [1.807, 2.05) is 13.0 Å². The summed E-state index contributed by atoms with van der Waals surface area (Å²) in [7, 11) is 0. The molecule has 1 N–H and O–H groups in total. The van der Waals surface area contributed by atoms with Crippen molar-refractivity contribution in [2.75, 3.05) is 5.32 Å². The minimum Gasteiger partial charge on any atom is -0.365 e. The molecule has 108 valence electrons. The first-order valence-electron chi connectivity index (χ1n) is 7.19. The molecule has 2 rings (SSSR count). The minimum atomic E-state index is -0.0800. The molecule has 3 nitrogen and oxygen atoms in total. The number of hydrogen-bond donors (Lipinski definition) is 1. The average molecular weight is 279 g/mol. The lowest BCUT2D eigenvalue weighted by Crippen LogP contribution is -2.32. The molecule has 0 amide bonds. The first kappa shape index (κ1) is 15.1. The van der Waals surface area contributed by atoms with Crippen LogP contribution in [0.3, 0.4) is 0 Å². The van der Waals surface area contributed by atoms with E-state index in [1.54, 1.807) is 12.1 Å². The maximum Gasteiger partial charge on any atom is 0.127 e. The van der Waals surface area contributed by atoms with Crippen LogP contribution in [0.1, 0.15) is 37.1 Å². The van der Waals surface area contributed by atoms with Gasteiger partial charge in [-0.15, -0.1) is 0 Å². The zero-order chi connectivity index (χ0) is 15.3. The van der Waals surface area contributed by atoms with E-state index in [4.69, 9.17) is 5.26 Å². The third-order valence-corrected chi connectivity index (χ3v) is 3.43. The van der Waals surface area contributed by atoms with Crippen molar-refractivity contribution in [3.8, 4) is 6.07 Å². The van der Waals surface area contributed by atoms with Gasteiger partial charge in [-0.05, 0) is 51.3 Å². The van der Waals surface area contributed by atoms with Gasteiger partial charge in [-0.2, -0.15) is 5.26 Å². The third kappa shape index (κ3) is 4.61. The summed E-state index contributed by atoms with van der Waals surface area (Å²) in [6.07, 6.45) is 2.01. The fourth-order valence-electron chi connectivity index (χ4n) is 2.31. The van der Waals surface area contributed by atoms with E-state index in [0.29, 0.717) is 5.56 Å². The Labute approximate surface area is 126 Å². The lowest BCUT2D eigenvalue weighted by Gasteiger charge is -2.27. The van der Waals surface area contributed by atoms with E-state index < -0.39 is 0 Å². The highest BCUT2D eigenvalue weighted by atomic mass is 15.0. The molecule has 0 fully saturated rings. The second-order valence-corrected chi connectivity index (χ2v) is 5.99. The van der Waals surface area contributed by atoms with E-state index in [-0.39, 0.29) is 5.54 Å². The van der Waals surface area contributed by atoms with Gasteiger partial charge >= 0.3 is 0 Å². The largest absolute Gasteiger partial charge is 0.365 e. The van der Waals surface area contributed by atoms with Crippen LogP contribution in [-0.2, 0) is 6.42 Å². The molecule has 0 saturated heterocycles. The van der Waals surface area contributed by atoms with Crippen molar-refractivity contribution in [3.05, 3.63) is 59.3 Å². The molecule has 0 aliphatic rings. The molecule has 0 bridgehead atoms. The average Bonchev–Trinajstić information content (AvgIpc) is 2.45. The summed E-state index contributed by atoms with van der Waals surface area (Å²) < 4.78 is 0. The molecule has 0 unspecified atom stereocenters. The number of anilines is 1. The Balaban J connectivity index is 2.03. The zero-order valence-corrected chi connectivity index (χ0v) is 12.9. The molecule has 21 heavy (non-hydrogen) atoms. The molecule has 3 heteroatoms. The van der Waals surface area contributed by atoms with Crippen LogP contribution in [0.2, 0.25) is 0 Å². The quantitative estimate of drug-likeness (QED) is 0.897. The summed E-state index contributed by atoms with van der Waals surface area (Å²) in [5.41, 5.74) is 2.75. The molecule has 0 saturated carbocycles. The second kappa shape index (κ2) is 6.41. The predicted molar refractivity (Wildman–Crippen MR) is 86.2 cm³/mol. The first-order valence-corrected chi connectivity index (χ1v) is 7.19. The van der Waals surface area contributed by atoms with Crippen LogP contribution in [-0.4, -0.2) is 10.5 Å². The van der Waals surface area contributed by atoms with Crippen LogP contribution in [0.15, 0.2) is 42.5 Å². The number of rotatable bonds is 5. The number of nitrogens with zero attached hydrogens (tertiary/aromatic N) is 2. The Hall–Kier alpha value is -2.34. The van der Waals surface area contributed by atoms with E-state index in [1.165, 1.54) is 5.56 Å². The molecule has 0 spiro atoms. The summed E-state index contributed by atoms with van der Waals surface area (Å²) in [5, 5.41) is 12.5. The van der Waals surface area contributed by atoms with Gasteiger partial charge in [-0.3, -0.25) is 0 Å². The van der Waals surface area contributed by atoms with Gasteiger partial charge in [0.25, 0.3) is 0 Å². The molecule has 0 radical (unpaired) electrons. The number of pyridine rings is 1. The van der Waals surface area contributed by atoms with Crippen molar-refractivity contribution in [2.24, 2.45) is 0 Å². The first-order chi connectivity index (χ1) is 9.98. The molecule has 1 aromatic heterocycles. The summed E-state index contributed by atoms with van der Waals surface area (Å²) in [6.45, 7) is 6.22. The SMILES string of the molecule is Cc1cc(C#N)cc(NC(C)(C)CCc2ccccc2)n1. The van der Waals surface area contributed by atoms with Crippen LogP contribution < -0.4 is 5.32 Å². The molecule has 1 aromatic carbocycles. The Morgan fingerprint density at radius 2 is 1.90 bits per heavy atom. The highest BCUT2D eigenvalue weighted by Crippen LogP contribution is 2.20. The Morgan fingerprint density at radius 1 is 1.19 bits per heavy atom. The van der Waals surface area contributed by atoms with E-state index in [9.17, 15) is 0 Å². The molecule has 0 aliphatic carbocycles. The number of hydrogen-bond acceptors (Lipinski definition) is 3. The van der Waals surface area contributed by atoms with Gasteiger partial charge in [0.1, 0.15) is 5.82 Å². The second-order valence-electron chi connectivity index (χ2n) is 5.99. The van der Waals surface area contributed by atoms with Crippen molar-refractivity contribution < 1.29 is 0 Å². The summed E-state index contributed by atoms with van der Waals surface area (Å²) in [4.78, 5) is 4.46. The van der Waals surface area contributed by atoms with Gasteiger partial charge < -0.3 is 5.32 Å². The highest BCUT2D eigenvalue weighted by molar-refractivity contribution is 5.45. The maximum atomic E-state index is 9.03. The van der Waals surface area contributed by atoms with Crippen LogP contribution in [0.25, 0.3) is 0 Å². The summed E-state index contributed by atoms with van der Waals surface area (Å²) >= 11 is 0. The van der Waals surface area contributed by atoms with Crippen molar-refractivity contribution in [3.63, 3.8) is 0 Å². The van der Waals surface area contributed by atoms with Crippen molar-refractivity contribution >= 4 is 5.82 Å². The van der Waals surface area contributed by atoms with Crippen LogP contribution in [0, 0.1) is 18.3 Å². The number of aromatic nitrogens is 1. The number of nitriles is 1. The van der Waals surface area contributed by atoms with Crippen LogP contribution >= 0.6 is 0 Å². The van der Waals surface area contributed by atoms with Gasteiger partial charge in [0.2, 0.25) is 0 Å². The molecule has 1 heterocycles. The van der Waals surface area contributed by atoms with Crippen molar-refractivity contribution in [1.82, 2.24) is 4.98 Å². The molecule has 2 aromatic rings. The molecule has 0 atom stereocenters. The van der Waals surface area contributed by atoms with Gasteiger partial charge in [0.05, 0.1) is 11.6 Å². The Morgan fingerprint density at radius 3 is 2.57 bits per heavy atom. The predicted octanol–water partition coefficient (Wildman–Crippen LogP) is 4.09. The summed E-state index contributed by atoms with van der Waals surface area (Å²) in [5.74, 6) is 0.768. The lowest BCUT2D eigenvalue weighted by atomic mass is 9.95. The number of nitrogens with one attached hydrogen (secondary N) is 1. The van der Waals surface area contributed by atoms with E-state index >= 15 is 0 Å². The highest BCUT2D eigenvalue weighted by Gasteiger charge is 2.18. The van der Waals surface area contributed by atoms with Crippen molar-refractivity contribution in [1.29, 1.82) is 5.26 Å². The van der Waals surface area contributed by atoms with Gasteiger partial charge in [0, 0.05) is 11.2 Å². The molecular formula is C18H21N3. The molecular weight excluding hydrogens is 258 g/mol. The van der Waals surface area contributed by atoms with E-state index in [0.717, 1.165) is 24.4 Å². The Kier molecular flexibility index (Phi) is 4.59. The number of benzene rings is 1. The van der Waals surface area contributed by atoms with Crippen molar-refractivity contribution in [2.45, 2.75) is 39.2 Å². The third-order valence-electron chi connectivity index (χ3n) is 3.43. The minimum absolute atomic E-state index is 0.0800. The smallest absolute Gasteiger partial charge is 0.127 e. The number of aryl methyl sites for hydroxylation is 2. The van der Waals surface area contributed by atoms with Gasteiger partial charge in [0.15, 0.2) is 0 Å². The van der Waals surface area contributed by atoms with Crippen LogP contribution in [0.5, 0.6) is 0 Å². The fraction of sp³-hybridized carbons (Fsp3) is 0.333. The van der Waals surface area contributed by atoms with E-state index in [2.05, 4.69) is 54.5 Å². The van der Waals surface area contributed by atoms with Gasteiger partial charge in [-0.25, -0.2) is 4.98 Å². The normalized spacial score (nSPS) is 11.0. The van der Waals surface area contributed by atoms with Gasteiger partial charge in [-0.1, -0.05) is 30.3 Å². The molecule has 0 aliphatic heterocycles. The summed E-state index contributed by atoms with van der Waals surface area (Å²) in [6, 6.07) is 16.2.